The fourth-order valence-electron chi connectivity index (χ4n) is 1.81. The lowest BCUT2D eigenvalue weighted by atomic mass is 10.2. The molecule has 0 aliphatic carbocycles. The van der Waals surface area contributed by atoms with Gasteiger partial charge in [-0.05, 0) is 25.9 Å². The van der Waals surface area contributed by atoms with Gasteiger partial charge in [-0.25, -0.2) is 8.42 Å². The number of aliphatic carboxylic acids is 1. The Morgan fingerprint density at radius 3 is 2.44 bits per heavy atom. The highest BCUT2D eigenvalue weighted by Gasteiger charge is 2.22. The number of rotatable bonds is 6. The standard InChI is InChI=1S/C10H19NO4S/c1-9(10(12)13)8-16(14,15)7-6-11-4-2-3-5-11/h9H,2-8H2,1H3,(H,12,13). The highest BCUT2D eigenvalue weighted by Crippen LogP contribution is 2.08. The van der Waals surface area contributed by atoms with Crippen molar-refractivity contribution in [3.8, 4) is 0 Å². The van der Waals surface area contributed by atoms with Crippen molar-refractivity contribution in [2.45, 2.75) is 19.8 Å². The van der Waals surface area contributed by atoms with E-state index < -0.39 is 21.7 Å². The second-order valence-electron chi connectivity index (χ2n) is 4.40. The summed E-state index contributed by atoms with van der Waals surface area (Å²) in [7, 11) is -3.24. The van der Waals surface area contributed by atoms with Crippen LogP contribution >= 0.6 is 0 Å². The molecule has 1 unspecified atom stereocenters. The third kappa shape index (κ3) is 4.49. The van der Waals surface area contributed by atoms with Gasteiger partial charge in [-0.15, -0.1) is 0 Å². The zero-order valence-corrected chi connectivity index (χ0v) is 10.4. The molecule has 0 aromatic rings. The third-order valence-corrected chi connectivity index (χ3v) is 4.66. The van der Waals surface area contributed by atoms with Crippen molar-refractivity contribution in [3.63, 3.8) is 0 Å². The average Bonchev–Trinajstić information content (AvgIpc) is 2.66. The maximum absolute atomic E-state index is 11.6. The van der Waals surface area contributed by atoms with Crippen LogP contribution in [0.25, 0.3) is 0 Å². The minimum absolute atomic E-state index is 0.0740. The molecule has 1 saturated heterocycles. The van der Waals surface area contributed by atoms with Crippen LogP contribution in [0.4, 0.5) is 0 Å². The number of nitrogens with zero attached hydrogens (tertiary/aromatic N) is 1. The molecule has 1 fully saturated rings. The van der Waals surface area contributed by atoms with Crippen LogP contribution in [0, 0.1) is 5.92 Å². The van der Waals surface area contributed by atoms with Crippen LogP contribution in [0.15, 0.2) is 0 Å². The molecular formula is C10H19NO4S. The van der Waals surface area contributed by atoms with Gasteiger partial charge in [0.1, 0.15) is 0 Å². The van der Waals surface area contributed by atoms with E-state index in [2.05, 4.69) is 4.90 Å². The molecule has 0 radical (unpaired) electrons. The molecule has 1 rings (SSSR count). The Bertz CT molecular complexity index is 333. The van der Waals surface area contributed by atoms with Crippen LogP contribution < -0.4 is 0 Å². The lowest BCUT2D eigenvalue weighted by Gasteiger charge is -2.15. The van der Waals surface area contributed by atoms with Gasteiger partial charge in [-0.2, -0.15) is 0 Å². The summed E-state index contributed by atoms with van der Waals surface area (Å²) in [4.78, 5) is 12.7. The van der Waals surface area contributed by atoms with Crippen molar-refractivity contribution in [1.82, 2.24) is 4.90 Å². The molecule has 1 N–H and O–H groups in total. The summed E-state index contributed by atoms with van der Waals surface area (Å²) in [5.74, 6) is -2.05. The lowest BCUT2D eigenvalue weighted by molar-refractivity contribution is -0.140. The molecule has 1 aliphatic rings. The molecule has 94 valence electrons. The molecule has 1 aliphatic heterocycles. The van der Waals surface area contributed by atoms with Crippen molar-refractivity contribution < 1.29 is 18.3 Å². The smallest absolute Gasteiger partial charge is 0.307 e. The fraction of sp³-hybridized carbons (Fsp3) is 0.900. The molecule has 6 heteroatoms. The summed E-state index contributed by atoms with van der Waals surface area (Å²) in [6, 6.07) is 0. The normalized spacial score (nSPS) is 19.8. The third-order valence-electron chi connectivity index (χ3n) is 2.84. The minimum atomic E-state index is -3.24. The molecule has 0 spiro atoms. The fourth-order valence-corrected chi connectivity index (χ4v) is 3.42. The maximum Gasteiger partial charge on any atom is 0.307 e. The van der Waals surface area contributed by atoms with Crippen molar-refractivity contribution >= 4 is 15.8 Å². The van der Waals surface area contributed by atoms with E-state index in [0.29, 0.717) is 6.54 Å². The van der Waals surface area contributed by atoms with Crippen molar-refractivity contribution in [2.24, 2.45) is 5.92 Å². The first-order chi connectivity index (χ1) is 7.41. The SMILES string of the molecule is CC(CS(=O)(=O)CCN1CCCC1)C(=O)O. The average molecular weight is 249 g/mol. The molecule has 0 aromatic heterocycles. The minimum Gasteiger partial charge on any atom is -0.481 e. The van der Waals surface area contributed by atoms with Crippen LogP contribution in [0.3, 0.4) is 0 Å². The van der Waals surface area contributed by atoms with E-state index in [1.807, 2.05) is 0 Å². The molecule has 16 heavy (non-hydrogen) atoms. The van der Waals surface area contributed by atoms with Gasteiger partial charge in [0.25, 0.3) is 0 Å². The molecular weight excluding hydrogens is 230 g/mol. The van der Waals surface area contributed by atoms with Crippen molar-refractivity contribution in [2.75, 3.05) is 31.1 Å². The molecule has 1 atom stereocenters. The van der Waals surface area contributed by atoms with Gasteiger partial charge in [-0.3, -0.25) is 4.79 Å². The van der Waals surface area contributed by atoms with Crippen LogP contribution in [0.2, 0.25) is 0 Å². The number of hydrogen-bond donors (Lipinski definition) is 1. The summed E-state index contributed by atoms with van der Waals surface area (Å²) in [6.07, 6.45) is 2.26. The Morgan fingerprint density at radius 2 is 1.94 bits per heavy atom. The van der Waals surface area contributed by atoms with Gasteiger partial charge in [-0.1, -0.05) is 6.92 Å². The van der Waals surface area contributed by atoms with Crippen LogP contribution in [-0.2, 0) is 14.6 Å². The predicted octanol–water partition coefficient (Wildman–Crippen LogP) is 0.218. The molecule has 0 saturated carbocycles. The van der Waals surface area contributed by atoms with Gasteiger partial charge in [0.2, 0.25) is 0 Å². The summed E-state index contributed by atoms with van der Waals surface area (Å²) in [5.41, 5.74) is 0. The van der Waals surface area contributed by atoms with E-state index >= 15 is 0 Å². The number of carboxylic acid groups (broad SMARTS) is 1. The predicted molar refractivity (Wildman–Crippen MR) is 61.1 cm³/mol. The second-order valence-corrected chi connectivity index (χ2v) is 6.63. The Balaban J connectivity index is 2.36. The zero-order chi connectivity index (χ0) is 12.2. The van der Waals surface area contributed by atoms with E-state index in [-0.39, 0.29) is 11.5 Å². The first-order valence-electron chi connectivity index (χ1n) is 5.56. The Hall–Kier alpha value is -0.620. The Morgan fingerprint density at radius 1 is 1.38 bits per heavy atom. The molecule has 5 nitrogen and oxygen atoms in total. The first kappa shape index (κ1) is 13.4. The van der Waals surface area contributed by atoms with Crippen LogP contribution in [0.1, 0.15) is 19.8 Å². The number of likely N-dealkylation sites (tertiary alicyclic amines) is 1. The summed E-state index contributed by atoms with van der Waals surface area (Å²) < 4.78 is 23.2. The molecule has 1 heterocycles. The topological polar surface area (TPSA) is 74.7 Å². The van der Waals surface area contributed by atoms with Crippen LogP contribution in [-0.4, -0.2) is 55.5 Å². The number of hydrogen-bond acceptors (Lipinski definition) is 4. The highest BCUT2D eigenvalue weighted by molar-refractivity contribution is 7.91. The van der Waals surface area contributed by atoms with Gasteiger partial charge >= 0.3 is 5.97 Å². The van der Waals surface area contributed by atoms with Gasteiger partial charge in [0, 0.05) is 6.54 Å². The van der Waals surface area contributed by atoms with Crippen molar-refractivity contribution in [1.29, 1.82) is 0 Å². The number of sulfone groups is 1. The largest absolute Gasteiger partial charge is 0.481 e. The van der Waals surface area contributed by atoms with Crippen molar-refractivity contribution in [3.05, 3.63) is 0 Å². The van der Waals surface area contributed by atoms with E-state index in [1.54, 1.807) is 0 Å². The molecule has 0 aromatic carbocycles. The van der Waals surface area contributed by atoms with E-state index in [1.165, 1.54) is 6.92 Å². The second kappa shape index (κ2) is 5.63. The molecule has 0 bridgehead atoms. The first-order valence-corrected chi connectivity index (χ1v) is 7.38. The summed E-state index contributed by atoms with van der Waals surface area (Å²) in [6.45, 7) is 3.89. The maximum atomic E-state index is 11.6. The Labute approximate surface area is 96.4 Å². The number of carbonyl (C=O) groups is 1. The Kier molecular flexibility index (Phi) is 4.73. The quantitative estimate of drug-likeness (QED) is 0.728. The van der Waals surface area contributed by atoms with Gasteiger partial charge in [0.05, 0.1) is 17.4 Å². The lowest BCUT2D eigenvalue weighted by Crippen LogP contribution is -2.30. The summed E-state index contributed by atoms with van der Waals surface area (Å²) >= 11 is 0. The van der Waals surface area contributed by atoms with E-state index in [0.717, 1.165) is 25.9 Å². The summed E-state index contributed by atoms with van der Waals surface area (Å²) in [5, 5.41) is 8.65. The number of carboxylic acids is 1. The monoisotopic (exact) mass is 249 g/mol. The van der Waals surface area contributed by atoms with Gasteiger partial charge < -0.3 is 10.0 Å². The van der Waals surface area contributed by atoms with E-state index in [9.17, 15) is 13.2 Å². The zero-order valence-electron chi connectivity index (χ0n) is 9.55. The van der Waals surface area contributed by atoms with Crippen LogP contribution in [0.5, 0.6) is 0 Å². The molecule has 0 amide bonds. The highest BCUT2D eigenvalue weighted by atomic mass is 32.2. The van der Waals surface area contributed by atoms with Gasteiger partial charge in [0.15, 0.2) is 9.84 Å². The van der Waals surface area contributed by atoms with E-state index in [4.69, 9.17) is 5.11 Å².